The molecule has 3 fully saturated rings. The second-order valence-corrected chi connectivity index (χ2v) is 11.2. The van der Waals surface area contributed by atoms with Crippen LogP contribution in [0.3, 0.4) is 0 Å². The molecule has 0 aromatic rings. The fourth-order valence-corrected chi connectivity index (χ4v) is 5.50. The Balaban J connectivity index is 1.93. The lowest BCUT2D eigenvalue weighted by molar-refractivity contribution is -0.381. The third-order valence-electron chi connectivity index (χ3n) is 7.84. The van der Waals surface area contributed by atoms with Crippen LogP contribution in [0.15, 0.2) is 0 Å². The molecular formula is C25H42N2O19. The summed E-state index contributed by atoms with van der Waals surface area (Å²) < 4.78 is 27.5. The number of aliphatic carboxylic acids is 1. The minimum Gasteiger partial charge on any atom is -0.477 e. The van der Waals surface area contributed by atoms with Crippen molar-refractivity contribution >= 4 is 17.8 Å². The number of carbonyl (C=O) groups excluding carboxylic acids is 2. The molecule has 0 aromatic carbocycles. The fourth-order valence-electron chi connectivity index (χ4n) is 5.50. The number of hydrogen-bond donors (Lipinski definition) is 13. The van der Waals surface area contributed by atoms with E-state index in [2.05, 4.69) is 10.6 Å². The molecular weight excluding hydrogens is 632 g/mol. The van der Waals surface area contributed by atoms with Crippen LogP contribution in [0, 0.1) is 0 Å². The molecule has 3 saturated heterocycles. The van der Waals surface area contributed by atoms with E-state index in [1.165, 1.54) is 0 Å². The average Bonchev–Trinajstić information content (AvgIpc) is 2.99. The van der Waals surface area contributed by atoms with Gasteiger partial charge in [0, 0.05) is 20.3 Å². The third kappa shape index (κ3) is 8.08. The van der Waals surface area contributed by atoms with E-state index in [0.29, 0.717) is 0 Å². The van der Waals surface area contributed by atoms with Gasteiger partial charge >= 0.3 is 5.97 Å². The van der Waals surface area contributed by atoms with Crippen molar-refractivity contribution in [1.29, 1.82) is 0 Å². The number of aliphatic hydroxyl groups excluding tert-OH is 10. The fraction of sp³-hybridized carbons (Fsp3) is 0.880. The average molecular weight is 675 g/mol. The van der Waals surface area contributed by atoms with E-state index in [-0.39, 0.29) is 0 Å². The summed E-state index contributed by atoms with van der Waals surface area (Å²) in [5.41, 5.74) is 0. The number of aliphatic hydroxyl groups is 10. The lowest BCUT2D eigenvalue weighted by Crippen LogP contribution is -2.71. The highest BCUT2D eigenvalue weighted by molar-refractivity contribution is 5.76. The van der Waals surface area contributed by atoms with Crippen molar-refractivity contribution in [2.24, 2.45) is 0 Å². The van der Waals surface area contributed by atoms with E-state index in [9.17, 15) is 70.6 Å². The van der Waals surface area contributed by atoms with Crippen LogP contribution in [0.1, 0.15) is 20.3 Å². The van der Waals surface area contributed by atoms with Gasteiger partial charge in [-0.25, -0.2) is 4.79 Å². The molecule has 0 aliphatic carbocycles. The Bertz CT molecular complexity index is 1050. The van der Waals surface area contributed by atoms with E-state index in [1.807, 2.05) is 0 Å². The van der Waals surface area contributed by atoms with Gasteiger partial charge in [0.05, 0.1) is 32.0 Å². The molecule has 0 unspecified atom stereocenters. The van der Waals surface area contributed by atoms with Crippen LogP contribution in [0.4, 0.5) is 0 Å². The van der Waals surface area contributed by atoms with Gasteiger partial charge in [0.1, 0.15) is 67.1 Å². The third-order valence-corrected chi connectivity index (χ3v) is 7.84. The molecule has 21 heteroatoms. The summed E-state index contributed by atoms with van der Waals surface area (Å²) in [6.45, 7) is -0.751. The maximum absolute atomic E-state index is 12.6. The molecule has 266 valence electrons. The van der Waals surface area contributed by atoms with E-state index in [1.54, 1.807) is 0 Å². The van der Waals surface area contributed by atoms with Crippen LogP contribution < -0.4 is 10.6 Å². The first-order chi connectivity index (χ1) is 21.5. The van der Waals surface area contributed by atoms with E-state index in [4.69, 9.17) is 23.7 Å². The normalized spacial score (nSPS) is 42.9. The smallest absolute Gasteiger partial charge is 0.364 e. The number of hydrogen-bond acceptors (Lipinski definition) is 18. The Morgan fingerprint density at radius 2 is 1.46 bits per heavy atom. The summed E-state index contributed by atoms with van der Waals surface area (Å²) in [5, 5.41) is 118. The van der Waals surface area contributed by atoms with Crippen molar-refractivity contribution in [1.82, 2.24) is 10.6 Å². The summed E-state index contributed by atoms with van der Waals surface area (Å²) in [4.78, 5) is 35.8. The van der Waals surface area contributed by atoms with E-state index in [0.717, 1.165) is 13.8 Å². The second-order valence-electron chi connectivity index (χ2n) is 11.2. The van der Waals surface area contributed by atoms with Crippen LogP contribution in [-0.4, -0.2) is 191 Å². The first-order valence-electron chi connectivity index (χ1n) is 14.2. The van der Waals surface area contributed by atoms with Gasteiger partial charge < -0.3 is 90.5 Å². The van der Waals surface area contributed by atoms with Gasteiger partial charge in [-0.15, -0.1) is 0 Å². The highest BCUT2D eigenvalue weighted by Gasteiger charge is 2.60. The standard InChI is InChI=1S/C25H42N2O19/c1-7(31)26-13-9(33)3-25(24(40)41,45-20(13)14(35)10(34)4-28)46-21-15(36)11(5-29)43-23(18(21)39)44-19-12(6-30)42-22(27-8(2)32)17(38)16(19)37/h9-23,28-30,33-39H,3-6H2,1-2H3,(H,26,31)(H,27,32)(H,40,41)/t9-,10+,11+,12+,13+,14+,15-,16+,17+,18+,19+,20+,21-,22+,23-,25+/m0/s1. The van der Waals surface area contributed by atoms with Gasteiger partial charge in [-0.2, -0.15) is 0 Å². The molecule has 13 N–H and O–H groups in total. The van der Waals surface area contributed by atoms with Crippen LogP contribution >= 0.6 is 0 Å². The van der Waals surface area contributed by atoms with Gasteiger partial charge in [-0.3, -0.25) is 9.59 Å². The second kappa shape index (κ2) is 15.8. The van der Waals surface area contributed by atoms with Crippen LogP contribution in [0.25, 0.3) is 0 Å². The molecule has 0 saturated carbocycles. The Kier molecular flexibility index (Phi) is 13.1. The zero-order chi connectivity index (χ0) is 34.7. The molecule has 16 atom stereocenters. The zero-order valence-corrected chi connectivity index (χ0v) is 24.7. The summed E-state index contributed by atoms with van der Waals surface area (Å²) in [6.07, 6.45) is -27.3. The Morgan fingerprint density at radius 1 is 0.848 bits per heavy atom. The summed E-state index contributed by atoms with van der Waals surface area (Å²) in [6, 6.07) is -1.55. The first-order valence-corrected chi connectivity index (χ1v) is 14.2. The lowest BCUT2D eigenvalue weighted by Gasteiger charge is -2.50. The van der Waals surface area contributed by atoms with Crippen molar-refractivity contribution in [2.45, 2.75) is 118 Å². The number of carboxylic acid groups (broad SMARTS) is 1. The Labute approximate surface area is 260 Å². The van der Waals surface area contributed by atoms with E-state index < -0.39 is 142 Å². The molecule has 0 aromatic heterocycles. The summed E-state index contributed by atoms with van der Waals surface area (Å²) in [7, 11) is 0. The van der Waals surface area contributed by atoms with Crippen molar-refractivity contribution < 1.29 is 94.2 Å². The maximum Gasteiger partial charge on any atom is 0.364 e. The van der Waals surface area contributed by atoms with Gasteiger partial charge in [0.2, 0.25) is 11.8 Å². The molecule has 0 bridgehead atoms. The van der Waals surface area contributed by atoms with Crippen molar-refractivity contribution in [3.05, 3.63) is 0 Å². The van der Waals surface area contributed by atoms with Gasteiger partial charge in [0.15, 0.2) is 12.5 Å². The molecule has 2 amide bonds. The minimum absolute atomic E-state index is 0.649. The molecule has 0 radical (unpaired) electrons. The van der Waals surface area contributed by atoms with Crippen LogP contribution in [0.5, 0.6) is 0 Å². The summed E-state index contributed by atoms with van der Waals surface area (Å²) in [5.74, 6) is -6.41. The van der Waals surface area contributed by atoms with Gasteiger partial charge in [0.25, 0.3) is 5.79 Å². The number of nitrogens with one attached hydrogen (secondary N) is 2. The molecule has 3 aliphatic rings. The van der Waals surface area contributed by atoms with E-state index >= 15 is 0 Å². The molecule has 3 heterocycles. The number of ether oxygens (including phenoxy) is 5. The molecule has 3 aliphatic heterocycles. The van der Waals surface area contributed by atoms with Crippen LogP contribution in [-0.2, 0) is 38.1 Å². The number of rotatable bonds is 12. The topological polar surface area (TPSA) is 344 Å². The minimum atomic E-state index is -3.04. The lowest BCUT2D eigenvalue weighted by atomic mass is 9.88. The van der Waals surface area contributed by atoms with Gasteiger partial charge in [-0.05, 0) is 0 Å². The Hall–Kier alpha value is -2.19. The highest BCUT2D eigenvalue weighted by atomic mass is 16.8. The quantitative estimate of drug-likeness (QED) is 0.0913. The van der Waals surface area contributed by atoms with Crippen molar-refractivity contribution in [2.75, 3.05) is 19.8 Å². The van der Waals surface area contributed by atoms with Crippen molar-refractivity contribution in [3.8, 4) is 0 Å². The zero-order valence-electron chi connectivity index (χ0n) is 24.7. The molecule has 46 heavy (non-hydrogen) atoms. The monoisotopic (exact) mass is 674 g/mol. The van der Waals surface area contributed by atoms with Crippen molar-refractivity contribution in [3.63, 3.8) is 0 Å². The Morgan fingerprint density at radius 3 is 1.98 bits per heavy atom. The summed E-state index contributed by atoms with van der Waals surface area (Å²) >= 11 is 0. The largest absolute Gasteiger partial charge is 0.477 e. The highest BCUT2D eigenvalue weighted by Crippen LogP contribution is 2.38. The van der Waals surface area contributed by atoms with Crippen LogP contribution in [0.2, 0.25) is 0 Å². The number of amides is 2. The number of carbonyl (C=O) groups is 3. The predicted octanol–water partition coefficient (Wildman–Crippen LogP) is -8.08. The maximum atomic E-state index is 12.6. The first kappa shape index (κ1) is 38.3. The molecule has 3 rings (SSSR count). The predicted molar refractivity (Wildman–Crippen MR) is 142 cm³/mol. The molecule has 0 spiro atoms. The van der Waals surface area contributed by atoms with Gasteiger partial charge in [-0.1, -0.05) is 0 Å². The number of carboxylic acids is 1. The SMILES string of the molecule is CC(=O)N[C@H]1[C@H]([C@H](O)[C@H](O)CO)O[C@](O[C@H]2[C@@H](O)[C@@H](CO)O[C@@H](O[C@H]3[C@H](O)[C@@H](O)[C@H](NC(C)=O)O[C@@H]3CO)[C@@H]2O)(C(=O)O)C[C@@H]1O. The molecule has 21 nitrogen and oxygen atoms in total.